The van der Waals surface area contributed by atoms with Gasteiger partial charge in [-0.05, 0) is 52.8 Å². The maximum atomic E-state index is 9.19. The molecule has 0 amide bonds. The average molecular weight is 325 g/mol. The number of ether oxygens (including phenoxy) is 1. The van der Waals surface area contributed by atoms with E-state index in [0.29, 0.717) is 13.2 Å². The molecule has 0 aromatic carbocycles. The Balaban J connectivity index is 4.50. The van der Waals surface area contributed by atoms with Gasteiger partial charge in [-0.15, -0.1) is 0 Å². The summed E-state index contributed by atoms with van der Waals surface area (Å²) in [6.07, 6.45) is -0.413. The average Bonchev–Trinajstić information content (AvgIpc) is 2.05. The Bertz CT molecular complexity index is 243. The van der Waals surface area contributed by atoms with E-state index in [1.165, 1.54) is 0 Å². The Labute approximate surface area is 122 Å². The molecule has 0 aromatic rings. The molecule has 0 fully saturated rings. The second-order valence-corrected chi connectivity index (χ2v) is 20.1. The van der Waals surface area contributed by atoms with Crippen LogP contribution in [-0.4, -0.2) is 49.6 Å². The molecule has 1 unspecified atom stereocenters. The molecule has 0 heterocycles. The zero-order valence-corrected chi connectivity index (χ0v) is 16.9. The number of hydrogen-bond donors (Lipinski definition) is 1. The van der Waals surface area contributed by atoms with E-state index in [9.17, 15) is 5.11 Å². The largest absolute Gasteiger partial charge is 0.437 e. The van der Waals surface area contributed by atoms with Crippen LogP contribution in [0.4, 0.5) is 0 Å². The molecule has 0 saturated heterocycles. The van der Waals surface area contributed by atoms with Crippen molar-refractivity contribution in [1.29, 1.82) is 0 Å². The molecule has 0 bridgehead atoms. The van der Waals surface area contributed by atoms with Gasteiger partial charge >= 0.3 is 8.56 Å². The molecule has 0 aliphatic heterocycles. The van der Waals surface area contributed by atoms with Crippen LogP contribution in [0.15, 0.2) is 0 Å². The summed E-state index contributed by atoms with van der Waals surface area (Å²) in [6.45, 7) is 18.0. The topological polar surface area (TPSA) is 47.9 Å². The minimum absolute atomic E-state index is 0.379. The van der Waals surface area contributed by atoms with E-state index < -0.39 is 31.3 Å². The lowest BCUT2D eigenvalue weighted by Crippen LogP contribution is -2.53. The van der Waals surface area contributed by atoms with Gasteiger partial charge in [-0.1, -0.05) is 0 Å². The predicted molar refractivity (Wildman–Crippen MR) is 87.8 cm³/mol. The molecule has 0 aliphatic carbocycles. The predicted octanol–water partition coefficient (Wildman–Crippen LogP) is 3.16. The molecule has 7 heteroatoms. The van der Waals surface area contributed by atoms with Crippen molar-refractivity contribution in [1.82, 2.24) is 0 Å². The fraction of sp³-hybridized carbons (Fsp3) is 1.00. The number of aliphatic hydroxyl groups excluding tert-OH is 1. The van der Waals surface area contributed by atoms with Gasteiger partial charge < -0.3 is 18.1 Å². The summed E-state index contributed by atoms with van der Waals surface area (Å²) in [5.41, 5.74) is 0. The van der Waals surface area contributed by atoms with Crippen LogP contribution in [0, 0.1) is 0 Å². The molecule has 19 heavy (non-hydrogen) atoms. The minimum atomic E-state index is -2.18. The monoisotopic (exact) mass is 324 g/mol. The first kappa shape index (κ1) is 19.5. The Morgan fingerprint density at radius 2 is 1.32 bits per heavy atom. The lowest BCUT2D eigenvalue weighted by Gasteiger charge is -2.38. The zero-order valence-electron chi connectivity index (χ0n) is 13.9. The molecule has 1 N–H and O–H groups in total. The molecule has 1 atom stereocenters. The van der Waals surface area contributed by atoms with E-state index >= 15 is 0 Å². The van der Waals surface area contributed by atoms with Gasteiger partial charge in [-0.3, -0.25) is 0 Å². The van der Waals surface area contributed by atoms with Gasteiger partial charge in [0.2, 0.25) is 0 Å². The third-order valence-corrected chi connectivity index (χ3v) is 11.6. The summed E-state index contributed by atoms with van der Waals surface area (Å²) in [5.74, 6) is 0. The molecule has 4 nitrogen and oxygen atoms in total. The van der Waals surface area contributed by atoms with Crippen molar-refractivity contribution >= 4 is 25.2 Å². The number of hydrogen-bond acceptors (Lipinski definition) is 4. The SMILES string of the molecule is CC(O)COCC[Si](C)(O[Si](C)(C)C)O[Si](C)(C)C. The molecule has 0 saturated carbocycles. The van der Waals surface area contributed by atoms with E-state index in [1.54, 1.807) is 6.92 Å². The van der Waals surface area contributed by atoms with E-state index in [-0.39, 0.29) is 0 Å². The second-order valence-electron chi connectivity index (χ2n) is 7.24. The lowest BCUT2D eigenvalue weighted by atomic mass is 10.4. The van der Waals surface area contributed by atoms with Gasteiger partial charge in [0.15, 0.2) is 16.6 Å². The van der Waals surface area contributed by atoms with Crippen molar-refractivity contribution in [2.75, 3.05) is 13.2 Å². The highest BCUT2D eigenvalue weighted by atomic mass is 28.5. The highest BCUT2D eigenvalue weighted by molar-refractivity contribution is 6.87. The summed E-state index contributed by atoms with van der Waals surface area (Å²) in [4.78, 5) is 0. The number of aliphatic hydroxyl groups is 1. The van der Waals surface area contributed by atoms with E-state index in [1.807, 2.05) is 0 Å². The Morgan fingerprint density at radius 1 is 0.895 bits per heavy atom. The molecule has 0 radical (unpaired) electrons. The van der Waals surface area contributed by atoms with Gasteiger partial charge in [0.05, 0.1) is 12.7 Å². The van der Waals surface area contributed by atoms with Gasteiger partial charge in [0.1, 0.15) is 0 Å². The van der Waals surface area contributed by atoms with Crippen LogP contribution >= 0.6 is 0 Å². The van der Waals surface area contributed by atoms with Gasteiger partial charge in [0, 0.05) is 12.7 Å². The summed E-state index contributed by atoms with van der Waals surface area (Å²) in [7, 11) is -5.42. The zero-order chi connectivity index (χ0) is 15.3. The van der Waals surface area contributed by atoms with Crippen LogP contribution in [0.2, 0.25) is 51.9 Å². The highest BCUT2D eigenvalue weighted by Gasteiger charge is 2.39. The maximum absolute atomic E-state index is 9.19. The Morgan fingerprint density at radius 3 is 1.63 bits per heavy atom. The van der Waals surface area contributed by atoms with Gasteiger partial charge in [-0.2, -0.15) is 0 Å². The van der Waals surface area contributed by atoms with E-state index in [4.69, 9.17) is 13.0 Å². The van der Waals surface area contributed by atoms with Crippen molar-refractivity contribution in [3.63, 3.8) is 0 Å². The molecule has 0 spiro atoms. The maximum Gasteiger partial charge on any atom is 0.316 e. The smallest absolute Gasteiger partial charge is 0.316 e. The van der Waals surface area contributed by atoms with Crippen molar-refractivity contribution in [2.24, 2.45) is 0 Å². The normalized spacial score (nSPS) is 15.6. The molecule has 0 rings (SSSR count). The molecule has 0 aliphatic rings. The minimum Gasteiger partial charge on any atom is -0.437 e. The first-order valence-corrected chi connectivity index (χ1v) is 16.3. The third-order valence-electron chi connectivity index (χ3n) is 2.10. The van der Waals surface area contributed by atoms with Crippen molar-refractivity contribution in [2.45, 2.75) is 64.9 Å². The standard InChI is InChI=1S/C12H32O4Si3/c1-12(13)11-14-9-10-19(8,15-17(2,3)4)16-18(5,6)7/h12-13H,9-11H2,1-8H3. The first-order chi connectivity index (χ1) is 8.33. The van der Waals surface area contributed by atoms with Crippen molar-refractivity contribution in [3.05, 3.63) is 0 Å². The van der Waals surface area contributed by atoms with Crippen LogP contribution < -0.4 is 0 Å². The highest BCUT2D eigenvalue weighted by Crippen LogP contribution is 2.24. The molecule has 0 aromatic heterocycles. The summed E-state index contributed by atoms with van der Waals surface area (Å²) in [6, 6.07) is 0.828. The quantitative estimate of drug-likeness (QED) is 0.523. The summed E-state index contributed by atoms with van der Waals surface area (Å²) >= 11 is 0. The molecular weight excluding hydrogens is 292 g/mol. The fourth-order valence-corrected chi connectivity index (χ4v) is 14.2. The van der Waals surface area contributed by atoms with Crippen LogP contribution in [0.3, 0.4) is 0 Å². The summed E-state index contributed by atoms with van der Waals surface area (Å²) in [5, 5.41) is 9.19. The van der Waals surface area contributed by atoms with Crippen molar-refractivity contribution < 1.29 is 18.1 Å². The lowest BCUT2D eigenvalue weighted by molar-refractivity contribution is 0.0506. The van der Waals surface area contributed by atoms with Crippen molar-refractivity contribution in [3.8, 4) is 0 Å². The molecule has 116 valence electrons. The number of rotatable bonds is 9. The summed E-state index contributed by atoms with van der Waals surface area (Å²) < 4.78 is 18.2. The van der Waals surface area contributed by atoms with Crippen LogP contribution in [0.1, 0.15) is 6.92 Å². The third kappa shape index (κ3) is 12.0. The van der Waals surface area contributed by atoms with E-state index in [0.717, 1.165) is 6.04 Å². The van der Waals surface area contributed by atoms with Crippen LogP contribution in [0.5, 0.6) is 0 Å². The van der Waals surface area contributed by atoms with Crippen LogP contribution in [0.25, 0.3) is 0 Å². The Hall–Kier alpha value is 0.491. The first-order valence-electron chi connectivity index (χ1n) is 6.99. The van der Waals surface area contributed by atoms with Gasteiger partial charge in [0.25, 0.3) is 0 Å². The van der Waals surface area contributed by atoms with Gasteiger partial charge in [-0.25, -0.2) is 0 Å². The molecular formula is C12H32O4Si3. The second kappa shape index (κ2) is 7.49. The Kier molecular flexibility index (Phi) is 7.68. The fourth-order valence-electron chi connectivity index (χ4n) is 1.93. The van der Waals surface area contributed by atoms with Crippen LogP contribution in [-0.2, 0) is 13.0 Å². The van der Waals surface area contributed by atoms with E-state index in [2.05, 4.69) is 45.8 Å².